The standard InChI is InChI=1S/C22H28N2O2S/c1-17(2)23-13-11-19(12-14-23)24-15-10-18-16-21(8-9-22(18)24)27(25,26)20-6-4-3-5-7-20/h3-9,16-17,19H,10-15H2,1-2H3. The summed E-state index contributed by atoms with van der Waals surface area (Å²) in [5.41, 5.74) is 2.39. The van der Waals surface area contributed by atoms with Crippen LogP contribution in [0.25, 0.3) is 0 Å². The molecule has 5 heteroatoms. The zero-order valence-electron chi connectivity index (χ0n) is 16.1. The van der Waals surface area contributed by atoms with E-state index in [2.05, 4.69) is 23.6 Å². The summed E-state index contributed by atoms with van der Waals surface area (Å²) in [5, 5.41) is 0. The first-order valence-electron chi connectivity index (χ1n) is 9.90. The molecule has 0 aromatic heterocycles. The largest absolute Gasteiger partial charge is 0.368 e. The Morgan fingerprint density at radius 2 is 1.63 bits per heavy atom. The Morgan fingerprint density at radius 3 is 2.30 bits per heavy atom. The Hall–Kier alpha value is -1.85. The van der Waals surface area contributed by atoms with E-state index in [9.17, 15) is 8.42 Å². The number of hydrogen-bond donors (Lipinski definition) is 0. The molecule has 2 aliphatic rings. The van der Waals surface area contributed by atoms with E-state index < -0.39 is 9.84 Å². The van der Waals surface area contributed by atoms with Crippen molar-refractivity contribution in [3.05, 3.63) is 54.1 Å². The maximum absolute atomic E-state index is 12.9. The topological polar surface area (TPSA) is 40.6 Å². The predicted molar refractivity (Wildman–Crippen MR) is 109 cm³/mol. The molecular formula is C22H28N2O2S. The molecule has 2 aromatic rings. The van der Waals surface area contributed by atoms with E-state index in [1.165, 1.54) is 24.1 Å². The number of anilines is 1. The summed E-state index contributed by atoms with van der Waals surface area (Å²) in [6.07, 6.45) is 3.29. The molecule has 1 fully saturated rings. The van der Waals surface area contributed by atoms with E-state index in [0.29, 0.717) is 21.9 Å². The minimum Gasteiger partial charge on any atom is -0.368 e. The van der Waals surface area contributed by atoms with Gasteiger partial charge in [-0.05, 0) is 69.0 Å². The van der Waals surface area contributed by atoms with Crippen LogP contribution in [0, 0.1) is 0 Å². The molecule has 2 aromatic carbocycles. The lowest BCUT2D eigenvalue weighted by Gasteiger charge is -2.39. The SMILES string of the molecule is CC(C)N1CCC(N2CCc3cc(S(=O)(=O)c4ccccc4)ccc32)CC1. The summed E-state index contributed by atoms with van der Waals surface area (Å²) in [4.78, 5) is 5.82. The quantitative estimate of drug-likeness (QED) is 0.805. The van der Waals surface area contributed by atoms with Gasteiger partial charge in [-0.15, -0.1) is 0 Å². The fourth-order valence-corrected chi connectivity index (χ4v) is 5.73. The Balaban J connectivity index is 1.55. The molecule has 0 saturated carbocycles. The molecule has 144 valence electrons. The van der Waals surface area contributed by atoms with Gasteiger partial charge in [-0.25, -0.2) is 8.42 Å². The van der Waals surface area contributed by atoms with Crippen molar-refractivity contribution in [1.82, 2.24) is 4.90 Å². The molecule has 0 radical (unpaired) electrons. The van der Waals surface area contributed by atoms with Gasteiger partial charge in [-0.2, -0.15) is 0 Å². The molecule has 0 unspecified atom stereocenters. The van der Waals surface area contributed by atoms with Crippen LogP contribution in [0.4, 0.5) is 5.69 Å². The van der Waals surface area contributed by atoms with Gasteiger partial charge in [0.2, 0.25) is 9.84 Å². The normalized spacial score (nSPS) is 18.9. The molecule has 0 atom stereocenters. The van der Waals surface area contributed by atoms with Crippen LogP contribution in [0.5, 0.6) is 0 Å². The lowest BCUT2D eigenvalue weighted by molar-refractivity contribution is 0.170. The van der Waals surface area contributed by atoms with Gasteiger partial charge >= 0.3 is 0 Å². The van der Waals surface area contributed by atoms with Crippen molar-refractivity contribution in [2.24, 2.45) is 0 Å². The molecule has 2 heterocycles. The van der Waals surface area contributed by atoms with Crippen molar-refractivity contribution in [1.29, 1.82) is 0 Å². The third kappa shape index (κ3) is 3.50. The molecule has 0 bridgehead atoms. The predicted octanol–water partition coefficient (Wildman–Crippen LogP) is 3.75. The molecule has 0 amide bonds. The third-order valence-corrected chi connectivity index (χ3v) is 7.78. The van der Waals surface area contributed by atoms with E-state index in [4.69, 9.17) is 0 Å². The zero-order chi connectivity index (χ0) is 19.0. The monoisotopic (exact) mass is 384 g/mol. The summed E-state index contributed by atoms with van der Waals surface area (Å²) in [6.45, 7) is 7.82. The van der Waals surface area contributed by atoms with Gasteiger partial charge in [0.25, 0.3) is 0 Å². The van der Waals surface area contributed by atoms with Crippen LogP contribution in [0.1, 0.15) is 32.3 Å². The van der Waals surface area contributed by atoms with Crippen molar-refractivity contribution < 1.29 is 8.42 Å². The lowest BCUT2D eigenvalue weighted by Crippen LogP contribution is -2.46. The Labute approximate surface area is 162 Å². The van der Waals surface area contributed by atoms with Crippen molar-refractivity contribution in [2.75, 3.05) is 24.5 Å². The number of piperidine rings is 1. The van der Waals surface area contributed by atoms with Crippen molar-refractivity contribution in [3.8, 4) is 0 Å². The number of fused-ring (bicyclic) bond motifs is 1. The molecule has 0 N–H and O–H groups in total. The smallest absolute Gasteiger partial charge is 0.206 e. The summed E-state index contributed by atoms with van der Waals surface area (Å²) >= 11 is 0. The number of nitrogens with zero attached hydrogens (tertiary/aromatic N) is 2. The van der Waals surface area contributed by atoms with Crippen LogP contribution in [-0.2, 0) is 16.3 Å². The van der Waals surface area contributed by atoms with Crippen LogP contribution in [-0.4, -0.2) is 45.0 Å². The molecule has 4 rings (SSSR count). The highest BCUT2D eigenvalue weighted by atomic mass is 32.2. The van der Waals surface area contributed by atoms with Crippen molar-refractivity contribution in [2.45, 2.75) is 55.0 Å². The first kappa shape index (κ1) is 18.5. The van der Waals surface area contributed by atoms with Crippen LogP contribution >= 0.6 is 0 Å². The summed E-state index contributed by atoms with van der Waals surface area (Å²) in [5.74, 6) is 0. The second-order valence-corrected chi connectivity index (χ2v) is 9.86. The third-order valence-electron chi connectivity index (χ3n) is 6.02. The highest BCUT2D eigenvalue weighted by molar-refractivity contribution is 7.91. The lowest BCUT2D eigenvalue weighted by atomic mass is 10.0. The number of hydrogen-bond acceptors (Lipinski definition) is 4. The van der Waals surface area contributed by atoms with Crippen LogP contribution < -0.4 is 4.90 Å². The molecule has 4 nitrogen and oxygen atoms in total. The zero-order valence-corrected chi connectivity index (χ0v) is 17.0. The summed E-state index contributed by atoms with van der Waals surface area (Å²) < 4.78 is 25.8. The van der Waals surface area contributed by atoms with Gasteiger partial charge in [0.05, 0.1) is 9.79 Å². The minimum absolute atomic E-state index is 0.362. The van der Waals surface area contributed by atoms with E-state index in [1.54, 1.807) is 30.3 Å². The number of rotatable bonds is 4. The average Bonchev–Trinajstić information content (AvgIpc) is 3.12. The maximum atomic E-state index is 12.9. The Kier molecular flexibility index (Phi) is 4.99. The van der Waals surface area contributed by atoms with Crippen molar-refractivity contribution >= 4 is 15.5 Å². The van der Waals surface area contributed by atoms with Crippen LogP contribution in [0.2, 0.25) is 0 Å². The van der Waals surface area contributed by atoms with Crippen molar-refractivity contribution in [3.63, 3.8) is 0 Å². The number of sulfone groups is 1. The summed E-state index contributed by atoms with van der Waals surface area (Å²) in [6, 6.07) is 15.6. The van der Waals surface area contributed by atoms with Gasteiger partial charge in [-0.3, -0.25) is 0 Å². The van der Waals surface area contributed by atoms with E-state index >= 15 is 0 Å². The van der Waals surface area contributed by atoms with Crippen LogP contribution in [0.3, 0.4) is 0 Å². The second kappa shape index (κ2) is 7.28. The maximum Gasteiger partial charge on any atom is 0.206 e. The average molecular weight is 385 g/mol. The molecule has 1 saturated heterocycles. The van der Waals surface area contributed by atoms with Gasteiger partial charge < -0.3 is 9.80 Å². The van der Waals surface area contributed by atoms with Gasteiger partial charge in [0, 0.05) is 37.4 Å². The Bertz CT molecular complexity index is 901. The second-order valence-electron chi connectivity index (χ2n) is 7.91. The van der Waals surface area contributed by atoms with Gasteiger partial charge in [0.15, 0.2) is 0 Å². The van der Waals surface area contributed by atoms with Gasteiger partial charge in [-0.1, -0.05) is 18.2 Å². The fraction of sp³-hybridized carbons (Fsp3) is 0.455. The number of benzene rings is 2. The fourth-order valence-electron chi connectivity index (χ4n) is 4.40. The minimum atomic E-state index is -3.44. The first-order valence-corrected chi connectivity index (χ1v) is 11.4. The first-order chi connectivity index (χ1) is 13.0. The number of likely N-dealkylation sites (tertiary alicyclic amines) is 1. The molecular weight excluding hydrogens is 356 g/mol. The van der Waals surface area contributed by atoms with E-state index in [-0.39, 0.29) is 0 Å². The van der Waals surface area contributed by atoms with E-state index in [1.807, 2.05) is 18.2 Å². The van der Waals surface area contributed by atoms with Crippen LogP contribution in [0.15, 0.2) is 58.3 Å². The summed E-state index contributed by atoms with van der Waals surface area (Å²) in [7, 11) is -3.44. The van der Waals surface area contributed by atoms with E-state index in [0.717, 1.165) is 26.1 Å². The highest BCUT2D eigenvalue weighted by Gasteiger charge is 2.31. The Morgan fingerprint density at radius 1 is 0.926 bits per heavy atom. The molecule has 0 spiro atoms. The molecule has 2 aliphatic heterocycles. The molecule has 0 aliphatic carbocycles. The molecule has 27 heavy (non-hydrogen) atoms. The highest BCUT2D eigenvalue weighted by Crippen LogP contribution is 2.35. The van der Waals surface area contributed by atoms with Gasteiger partial charge in [0.1, 0.15) is 0 Å².